The Kier molecular flexibility index (Phi) is 4.55. The van der Waals surface area contributed by atoms with E-state index in [0.29, 0.717) is 13.1 Å². The molecule has 0 aliphatic carbocycles. The Labute approximate surface area is 104 Å². The van der Waals surface area contributed by atoms with Crippen LogP contribution in [-0.4, -0.2) is 12.6 Å². The van der Waals surface area contributed by atoms with E-state index in [0.717, 1.165) is 5.56 Å². The van der Waals surface area contributed by atoms with Gasteiger partial charge in [0.05, 0.1) is 0 Å². The number of rotatable bonds is 3. The van der Waals surface area contributed by atoms with Crippen LogP contribution in [0.5, 0.6) is 0 Å². The molecule has 0 aliphatic heterocycles. The van der Waals surface area contributed by atoms with Gasteiger partial charge in [-0.1, -0.05) is 50.6 Å². The van der Waals surface area contributed by atoms with Crippen molar-refractivity contribution in [3.63, 3.8) is 0 Å². The topological polar surface area (TPSA) is 41.1 Å². The zero-order valence-electron chi connectivity index (χ0n) is 11.1. The Balaban J connectivity index is 2.33. The first kappa shape index (κ1) is 13.6. The van der Waals surface area contributed by atoms with Crippen molar-refractivity contribution in [1.29, 1.82) is 0 Å². The van der Waals surface area contributed by atoms with Crippen molar-refractivity contribution < 1.29 is 4.79 Å². The standard InChI is InChI=1S/C14H22N2O/c1-11-6-5-7-12(8-11)9-15-13(17)16-10-14(2,3)4/h5-8H,9-10H2,1-4H3,(H2,15,16,17). The average molecular weight is 234 g/mol. The highest BCUT2D eigenvalue weighted by Gasteiger charge is 2.11. The summed E-state index contributed by atoms with van der Waals surface area (Å²) in [5, 5.41) is 5.71. The summed E-state index contributed by atoms with van der Waals surface area (Å²) in [7, 11) is 0. The normalized spacial score (nSPS) is 11.1. The summed E-state index contributed by atoms with van der Waals surface area (Å²) >= 11 is 0. The lowest BCUT2D eigenvalue weighted by atomic mass is 9.97. The van der Waals surface area contributed by atoms with Gasteiger partial charge in [0.2, 0.25) is 0 Å². The van der Waals surface area contributed by atoms with Crippen LogP contribution in [0.25, 0.3) is 0 Å². The maximum atomic E-state index is 11.5. The summed E-state index contributed by atoms with van der Waals surface area (Å²) in [5.74, 6) is 0. The van der Waals surface area contributed by atoms with Crippen molar-refractivity contribution in [3.05, 3.63) is 35.4 Å². The average Bonchev–Trinajstić information content (AvgIpc) is 2.23. The molecule has 0 radical (unpaired) electrons. The van der Waals surface area contributed by atoms with Gasteiger partial charge in [-0.05, 0) is 17.9 Å². The van der Waals surface area contributed by atoms with Gasteiger partial charge in [0.1, 0.15) is 0 Å². The fourth-order valence-corrected chi connectivity index (χ4v) is 1.41. The first-order chi connectivity index (χ1) is 7.87. The van der Waals surface area contributed by atoms with Crippen LogP contribution >= 0.6 is 0 Å². The number of hydrogen-bond donors (Lipinski definition) is 2. The maximum Gasteiger partial charge on any atom is 0.315 e. The van der Waals surface area contributed by atoms with Crippen molar-refractivity contribution in [1.82, 2.24) is 10.6 Å². The minimum absolute atomic E-state index is 0.110. The highest BCUT2D eigenvalue weighted by Crippen LogP contribution is 2.10. The molecule has 0 bridgehead atoms. The molecule has 0 heterocycles. The second-order valence-electron chi connectivity index (χ2n) is 5.59. The summed E-state index contributed by atoms with van der Waals surface area (Å²) in [6, 6.07) is 8.02. The van der Waals surface area contributed by atoms with E-state index in [1.807, 2.05) is 25.1 Å². The van der Waals surface area contributed by atoms with Gasteiger partial charge in [0.25, 0.3) is 0 Å². The summed E-state index contributed by atoms with van der Waals surface area (Å²) in [6.07, 6.45) is 0. The number of carbonyl (C=O) groups excluding carboxylic acids is 1. The van der Waals surface area contributed by atoms with E-state index in [2.05, 4.69) is 37.5 Å². The molecule has 0 spiro atoms. The molecule has 17 heavy (non-hydrogen) atoms. The number of benzene rings is 1. The molecule has 3 heteroatoms. The number of aryl methyl sites for hydroxylation is 1. The van der Waals surface area contributed by atoms with E-state index in [4.69, 9.17) is 0 Å². The predicted octanol–water partition coefficient (Wildman–Crippen LogP) is 2.84. The third-order valence-corrected chi connectivity index (χ3v) is 2.31. The minimum Gasteiger partial charge on any atom is -0.338 e. The van der Waals surface area contributed by atoms with Crippen LogP contribution in [-0.2, 0) is 6.54 Å². The van der Waals surface area contributed by atoms with Gasteiger partial charge in [-0.3, -0.25) is 0 Å². The number of hydrogen-bond acceptors (Lipinski definition) is 1. The third-order valence-electron chi connectivity index (χ3n) is 2.31. The first-order valence-electron chi connectivity index (χ1n) is 5.94. The first-order valence-corrected chi connectivity index (χ1v) is 5.94. The Hall–Kier alpha value is -1.51. The fraction of sp³-hybridized carbons (Fsp3) is 0.500. The van der Waals surface area contributed by atoms with Crippen LogP contribution in [0.15, 0.2) is 24.3 Å². The zero-order valence-corrected chi connectivity index (χ0v) is 11.1. The molecule has 1 aromatic carbocycles. The van der Waals surface area contributed by atoms with Crippen LogP contribution in [0.4, 0.5) is 4.79 Å². The highest BCUT2D eigenvalue weighted by molar-refractivity contribution is 5.73. The van der Waals surface area contributed by atoms with Gasteiger partial charge in [-0.15, -0.1) is 0 Å². The molecule has 0 aromatic heterocycles. The van der Waals surface area contributed by atoms with Crippen molar-refractivity contribution in [3.8, 4) is 0 Å². The molecule has 0 atom stereocenters. The molecule has 3 nitrogen and oxygen atoms in total. The molecule has 0 unspecified atom stereocenters. The van der Waals surface area contributed by atoms with E-state index >= 15 is 0 Å². The van der Waals surface area contributed by atoms with Crippen molar-refractivity contribution in [2.45, 2.75) is 34.2 Å². The number of urea groups is 1. The molecule has 0 aliphatic rings. The fourth-order valence-electron chi connectivity index (χ4n) is 1.41. The minimum atomic E-state index is -0.110. The van der Waals surface area contributed by atoms with Crippen LogP contribution in [0.3, 0.4) is 0 Å². The smallest absolute Gasteiger partial charge is 0.315 e. The van der Waals surface area contributed by atoms with Crippen LogP contribution < -0.4 is 10.6 Å². The number of nitrogens with one attached hydrogen (secondary N) is 2. The second kappa shape index (κ2) is 5.71. The molecule has 94 valence electrons. The van der Waals surface area contributed by atoms with Crippen molar-refractivity contribution in [2.75, 3.05) is 6.54 Å². The number of carbonyl (C=O) groups is 1. The van der Waals surface area contributed by atoms with Gasteiger partial charge >= 0.3 is 6.03 Å². The Morgan fingerprint density at radius 1 is 1.24 bits per heavy atom. The van der Waals surface area contributed by atoms with E-state index in [9.17, 15) is 4.79 Å². The van der Waals surface area contributed by atoms with E-state index in [1.54, 1.807) is 0 Å². The lowest BCUT2D eigenvalue weighted by Crippen LogP contribution is -2.39. The molecular weight excluding hydrogens is 212 g/mol. The van der Waals surface area contributed by atoms with Gasteiger partial charge in [0.15, 0.2) is 0 Å². The third kappa shape index (κ3) is 5.95. The Morgan fingerprint density at radius 2 is 1.94 bits per heavy atom. The molecule has 0 saturated carbocycles. The summed E-state index contributed by atoms with van der Waals surface area (Å²) < 4.78 is 0. The van der Waals surface area contributed by atoms with Gasteiger partial charge in [-0.2, -0.15) is 0 Å². The van der Waals surface area contributed by atoms with Crippen LogP contribution in [0.2, 0.25) is 0 Å². The van der Waals surface area contributed by atoms with Gasteiger partial charge in [-0.25, -0.2) is 4.79 Å². The van der Waals surface area contributed by atoms with Crippen molar-refractivity contribution in [2.24, 2.45) is 5.41 Å². The van der Waals surface area contributed by atoms with Crippen LogP contribution in [0.1, 0.15) is 31.9 Å². The van der Waals surface area contributed by atoms with Crippen LogP contribution in [0, 0.1) is 12.3 Å². The van der Waals surface area contributed by atoms with Gasteiger partial charge < -0.3 is 10.6 Å². The van der Waals surface area contributed by atoms with E-state index in [1.165, 1.54) is 5.56 Å². The van der Waals surface area contributed by atoms with E-state index < -0.39 is 0 Å². The van der Waals surface area contributed by atoms with Gasteiger partial charge in [0, 0.05) is 13.1 Å². The lowest BCUT2D eigenvalue weighted by Gasteiger charge is -2.18. The molecule has 1 aromatic rings. The number of amides is 2. The molecule has 2 N–H and O–H groups in total. The summed E-state index contributed by atoms with van der Waals surface area (Å²) in [5.41, 5.74) is 2.44. The lowest BCUT2D eigenvalue weighted by molar-refractivity contribution is 0.235. The zero-order chi connectivity index (χ0) is 12.9. The molecule has 1 rings (SSSR count). The molecule has 0 fully saturated rings. The Bertz CT molecular complexity index is 380. The quantitative estimate of drug-likeness (QED) is 0.829. The molecular formula is C14H22N2O. The monoisotopic (exact) mass is 234 g/mol. The molecule has 2 amide bonds. The summed E-state index contributed by atoms with van der Waals surface area (Å²) in [4.78, 5) is 11.5. The second-order valence-corrected chi connectivity index (χ2v) is 5.59. The largest absolute Gasteiger partial charge is 0.338 e. The Morgan fingerprint density at radius 3 is 2.53 bits per heavy atom. The maximum absolute atomic E-state index is 11.5. The molecule has 0 saturated heterocycles. The van der Waals surface area contributed by atoms with Crippen molar-refractivity contribution >= 4 is 6.03 Å². The highest BCUT2D eigenvalue weighted by atomic mass is 16.2. The predicted molar refractivity (Wildman–Crippen MR) is 70.9 cm³/mol. The van der Waals surface area contributed by atoms with E-state index in [-0.39, 0.29) is 11.4 Å². The summed E-state index contributed by atoms with van der Waals surface area (Å²) in [6.45, 7) is 9.56. The SMILES string of the molecule is Cc1cccc(CNC(=O)NCC(C)(C)C)c1.